The fourth-order valence-corrected chi connectivity index (χ4v) is 3.83. The van der Waals surface area contributed by atoms with Gasteiger partial charge in [-0.25, -0.2) is 0 Å². The Bertz CT molecular complexity index is 1440. The van der Waals surface area contributed by atoms with E-state index in [4.69, 9.17) is 21.8 Å². The van der Waals surface area contributed by atoms with E-state index in [0.717, 1.165) is 16.1 Å². The number of hydrogen-bond acceptors (Lipinski definition) is 6. The Labute approximate surface area is 199 Å². The van der Waals surface area contributed by atoms with Crippen molar-refractivity contribution in [3.05, 3.63) is 85.6 Å². The molecule has 0 bridgehead atoms. The Balaban J connectivity index is 1.66. The van der Waals surface area contributed by atoms with Crippen molar-refractivity contribution in [3.63, 3.8) is 0 Å². The van der Waals surface area contributed by atoms with E-state index in [1.165, 1.54) is 30.3 Å². The molecular formula is C24H19ClN4O5. The third kappa shape index (κ3) is 4.08. The van der Waals surface area contributed by atoms with E-state index in [9.17, 15) is 19.7 Å². The first-order valence-corrected chi connectivity index (χ1v) is 10.5. The number of primary amides is 1. The largest absolute Gasteiger partial charge is 0.456 e. The quantitative estimate of drug-likeness (QED) is 0.312. The summed E-state index contributed by atoms with van der Waals surface area (Å²) in [6.07, 6.45) is 1.52. The summed E-state index contributed by atoms with van der Waals surface area (Å²) in [4.78, 5) is 35.5. The summed E-state index contributed by atoms with van der Waals surface area (Å²) >= 11 is 6.11. The molecule has 1 aliphatic heterocycles. The number of hydrazone groups is 1. The van der Waals surface area contributed by atoms with E-state index in [0.29, 0.717) is 28.5 Å². The number of halogens is 1. The maximum absolute atomic E-state index is 13.0. The number of nitro benzene ring substituents is 1. The highest BCUT2D eigenvalue weighted by Crippen LogP contribution is 2.35. The fraction of sp³-hybridized carbons (Fsp3) is 0.125. The van der Waals surface area contributed by atoms with Gasteiger partial charge in [0.05, 0.1) is 38.0 Å². The summed E-state index contributed by atoms with van der Waals surface area (Å²) in [5.41, 5.74) is 8.49. The molecule has 0 saturated carbocycles. The van der Waals surface area contributed by atoms with Crippen molar-refractivity contribution in [1.29, 1.82) is 0 Å². The number of benzene rings is 2. The van der Waals surface area contributed by atoms with Crippen molar-refractivity contribution >= 4 is 46.6 Å². The molecule has 10 heteroatoms. The minimum atomic E-state index is -0.679. The molecule has 0 saturated heterocycles. The normalized spacial score (nSPS) is 14.6. The van der Waals surface area contributed by atoms with Crippen LogP contribution < -0.4 is 10.7 Å². The van der Waals surface area contributed by atoms with Crippen molar-refractivity contribution in [1.82, 2.24) is 0 Å². The lowest BCUT2D eigenvalue weighted by Gasteiger charge is -2.13. The van der Waals surface area contributed by atoms with Crippen molar-refractivity contribution in [3.8, 4) is 11.3 Å². The summed E-state index contributed by atoms with van der Waals surface area (Å²) in [6, 6.07) is 10.8. The minimum Gasteiger partial charge on any atom is -0.456 e. The summed E-state index contributed by atoms with van der Waals surface area (Å²) in [5, 5.41) is 17.1. The van der Waals surface area contributed by atoms with Gasteiger partial charge in [0, 0.05) is 6.07 Å². The molecule has 0 radical (unpaired) electrons. The second kappa shape index (κ2) is 8.60. The van der Waals surface area contributed by atoms with E-state index in [2.05, 4.69) is 5.10 Å². The number of aryl methyl sites for hydroxylation is 2. The molecule has 0 fully saturated rings. The van der Waals surface area contributed by atoms with Crippen LogP contribution in [0, 0.1) is 24.0 Å². The zero-order valence-electron chi connectivity index (χ0n) is 18.5. The maximum Gasteiger partial charge on any atom is 0.280 e. The van der Waals surface area contributed by atoms with E-state index in [1.54, 1.807) is 32.0 Å². The van der Waals surface area contributed by atoms with Crippen LogP contribution in [0.4, 0.5) is 11.4 Å². The lowest BCUT2D eigenvalue weighted by Crippen LogP contribution is -2.21. The molecule has 1 aromatic heterocycles. The van der Waals surface area contributed by atoms with Gasteiger partial charge in [0.15, 0.2) is 0 Å². The Morgan fingerprint density at radius 1 is 1.15 bits per heavy atom. The van der Waals surface area contributed by atoms with Crippen molar-refractivity contribution < 1.29 is 18.9 Å². The highest BCUT2D eigenvalue weighted by molar-refractivity contribution is 6.35. The molecule has 0 aliphatic carbocycles. The third-order valence-corrected chi connectivity index (χ3v) is 5.83. The molecule has 0 unspecified atom stereocenters. The first-order valence-electron chi connectivity index (χ1n) is 10.1. The second-order valence-corrected chi connectivity index (χ2v) is 8.21. The van der Waals surface area contributed by atoms with Crippen LogP contribution in [0.1, 0.15) is 34.2 Å². The number of amides is 2. The highest BCUT2D eigenvalue weighted by atomic mass is 35.5. The maximum atomic E-state index is 13.0. The SMILES string of the molecule is CC1=NN(c2ccc(C(N)=O)c(Cl)c2)C(=O)C1=Cc1ccc(-c2cc(C)c(C)cc2[N+](=O)[O-])o1. The number of nitro groups is 1. The lowest BCUT2D eigenvalue weighted by atomic mass is 10.0. The fourth-order valence-electron chi connectivity index (χ4n) is 3.56. The molecule has 1 aliphatic rings. The molecule has 9 nitrogen and oxygen atoms in total. The molecule has 2 N–H and O–H groups in total. The zero-order chi connectivity index (χ0) is 24.7. The molecule has 2 amide bonds. The van der Waals surface area contributed by atoms with Crippen molar-refractivity contribution in [2.45, 2.75) is 20.8 Å². The van der Waals surface area contributed by atoms with Gasteiger partial charge < -0.3 is 10.2 Å². The third-order valence-electron chi connectivity index (χ3n) is 5.51. The Kier molecular flexibility index (Phi) is 5.80. The van der Waals surface area contributed by atoms with Gasteiger partial charge in [-0.15, -0.1) is 0 Å². The molecule has 0 spiro atoms. The van der Waals surface area contributed by atoms with Crippen LogP contribution in [0.5, 0.6) is 0 Å². The molecule has 0 atom stereocenters. The molecule has 172 valence electrons. The zero-order valence-corrected chi connectivity index (χ0v) is 19.2. The average molecular weight is 479 g/mol. The molecule has 3 aromatic rings. The summed E-state index contributed by atoms with van der Waals surface area (Å²) in [7, 11) is 0. The predicted octanol–water partition coefficient (Wildman–Crippen LogP) is 5.03. The van der Waals surface area contributed by atoms with Crippen LogP contribution in [0.25, 0.3) is 17.4 Å². The number of carbonyl (C=O) groups excluding carboxylic acids is 2. The smallest absolute Gasteiger partial charge is 0.280 e. The number of nitrogens with two attached hydrogens (primary N) is 1. The number of carbonyl (C=O) groups is 2. The van der Waals surface area contributed by atoms with Crippen LogP contribution in [-0.4, -0.2) is 22.4 Å². The Morgan fingerprint density at radius 2 is 1.85 bits per heavy atom. The molecule has 4 rings (SSSR count). The first kappa shape index (κ1) is 22.9. The van der Waals surface area contributed by atoms with Crippen LogP contribution >= 0.6 is 11.6 Å². The lowest BCUT2D eigenvalue weighted by molar-refractivity contribution is -0.384. The van der Waals surface area contributed by atoms with Crippen LogP contribution in [0.3, 0.4) is 0 Å². The van der Waals surface area contributed by atoms with Gasteiger partial charge in [-0.1, -0.05) is 11.6 Å². The highest BCUT2D eigenvalue weighted by Gasteiger charge is 2.30. The first-order chi connectivity index (χ1) is 16.1. The van der Waals surface area contributed by atoms with E-state index in [1.807, 2.05) is 6.92 Å². The summed E-state index contributed by atoms with van der Waals surface area (Å²) in [6.45, 7) is 5.33. The number of anilines is 1. The molecule has 34 heavy (non-hydrogen) atoms. The number of rotatable bonds is 5. The van der Waals surface area contributed by atoms with E-state index >= 15 is 0 Å². The topological polar surface area (TPSA) is 132 Å². The van der Waals surface area contributed by atoms with Gasteiger partial charge in [-0.2, -0.15) is 10.1 Å². The number of furan rings is 1. The van der Waals surface area contributed by atoms with Gasteiger partial charge in [-0.05, 0) is 74.4 Å². The van der Waals surface area contributed by atoms with Gasteiger partial charge in [0.1, 0.15) is 11.5 Å². The monoisotopic (exact) mass is 478 g/mol. The van der Waals surface area contributed by atoms with Gasteiger partial charge in [-0.3, -0.25) is 19.7 Å². The number of hydrogen-bond donors (Lipinski definition) is 1. The number of nitrogens with zero attached hydrogens (tertiary/aromatic N) is 3. The van der Waals surface area contributed by atoms with E-state index in [-0.39, 0.29) is 21.8 Å². The van der Waals surface area contributed by atoms with Crippen LogP contribution in [-0.2, 0) is 4.79 Å². The Hall–Kier alpha value is -4.24. The van der Waals surface area contributed by atoms with E-state index < -0.39 is 16.7 Å². The van der Waals surface area contributed by atoms with Crippen LogP contribution in [0.15, 0.2) is 57.6 Å². The standard InChI is InChI=1S/C24H19ClN4O5/c1-12-8-19(21(29(32)33)9-13(12)2)22-7-5-16(34-22)11-18-14(3)27-28(24(18)31)15-4-6-17(23(26)30)20(25)10-15/h4-11H,1-3H3,(H2,26,30). The molecular weight excluding hydrogens is 460 g/mol. The van der Waals surface area contributed by atoms with Gasteiger partial charge >= 0.3 is 0 Å². The van der Waals surface area contributed by atoms with Gasteiger partial charge in [0.2, 0.25) is 5.91 Å². The minimum absolute atomic E-state index is 0.0613. The molecule has 2 heterocycles. The Morgan fingerprint density at radius 3 is 2.50 bits per heavy atom. The molecule has 2 aromatic carbocycles. The van der Waals surface area contributed by atoms with Crippen molar-refractivity contribution in [2.24, 2.45) is 10.8 Å². The average Bonchev–Trinajstić information content (AvgIpc) is 3.35. The second-order valence-electron chi connectivity index (χ2n) is 7.80. The van der Waals surface area contributed by atoms with Crippen molar-refractivity contribution in [2.75, 3.05) is 5.01 Å². The summed E-state index contributed by atoms with van der Waals surface area (Å²) < 4.78 is 5.84. The summed E-state index contributed by atoms with van der Waals surface area (Å²) in [5.74, 6) is -0.450. The van der Waals surface area contributed by atoms with Crippen LogP contribution in [0.2, 0.25) is 5.02 Å². The van der Waals surface area contributed by atoms with Gasteiger partial charge in [0.25, 0.3) is 11.6 Å². The predicted molar refractivity (Wildman–Crippen MR) is 129 cm³/mol.